The number of hydrogen-bond donors (Lipinski definition) is 1. The van der Waals surface area contributed by atoms with Crippen LogP contribution in [-0.4, -0.2) is 32.1 Å². The van der Waals surface area contributed by atoms with Gasteiger partial charge in [-0.05, 0) is 24.3 Å². The van der Waals surface area contributed by atoms with Crippen molar-refractivity contribution in [3.05, 3.63) is 54.0 Å². The van der Waals surface area contributed by atoms with Crippen molar-refractivity contribution in [1.82, 2.24) is 14.6 Å². The van der Waals surface area contributed by atoms with E-state index in [1.54, 1.807) is 0 Å². The van der Waals surface area contributed by atoms with Crippen LogP contribution in [0.5, 0.6) is 0 Å². The maximum atomic E-state index is 12.6. The van der Waals surface area contributed by atoms with E-state index in [-0.39, 0.29) is 5.56 Å². The van der Waals surface area contributed by atoms with Crippen LogP contribution in [0.15, 0.2) is 42.9 Å². The van der Waals surface area contributed by atoms with Gasteiger partial charge in [-0.3, -0.25) is 9.78 Å². The Bertz CT molecular complexity index is 870. The van der Waals surface area contributed by atoms with Crippen LogP contribution < -0.4 is 0 Å². The molecule has 3 heterocycles. The molecule has 3 aromatic rings. The molecule has 0 spiro atoms. The monoisotopic (exact) mass is 321 g/mol. The van der Waals surface area contributed by atoms with Crippen molar-refractivity contribution in [1.29, 1.82) is 0 Å². The van der Waals surface area contributed by atoms with Gasteiger partial charge in [-0.2, -0.15) is 18.3 Å². The maximum Gasteiger partial charge on any atom is 0.417 e. The second-order valence-corrected chi connectivity index (χ2v) is 4.81. The largest absolute Gasteiger partial charge is 0.417 e. The van der Waals surface area contributed by atoms with E-state index in [4.69, 9.17) is 5.11 Å². The van der Waals surface area contributed by atoms with E-state index in [0.717, 1.165) is 12.3 Å². The lowest BCUT2D eigenvalue weighted by Crippen LogP contribution is -2.05. The zero-order valence-electron chi connectivity index (χ0n) is 11.6. The number of carbonyl (C=O) groups excluding carboxylic acids is 1. The van der Waals surface area contributed by atoms with Gasteiger partial charge < -0.3 is 5.11 Å². The van der Waals surface area contributed by atoms with Gasteiger partial charge in [0.1, 0.15) is 6.61 Å². The van der Waals surface area contributed by atoms with Gasteiger partial charge in [0.2, 0.25) is 0 Å². The van der Waals surface area contributed by atoms with Crippen molar-refractivity contribution in [2.24, 2.45) is 0 Å². The number of pyridine rings is 2. The number of alkyl halides is 3. The third kappa shape index (κ3) is 2.80. The van der Waals surface area contributed by atoms with Crippen molar-refractivity contribution >= 4 is 11.3 Å². The first-order valence-corrected chi connectivity index (χ1v) is 6.55. The second-order valence-electron chi connectivity index (χ2n) is 4.81. The van der Waals surface area contributed by atoms with Crippen LogP contribution in [-0.2, 0) is 6.18 Å². The molecule has 0 aromatic carbocycles. The molecule has 0 saturated heterocycles. The highest BCUT2D eigenvalue weighted by molar-refractivity contribution is 5.98. The van der Waals surface area contributed by atoms with Crippen LogP contribution in [0.2, 0.25) is 0 Å². The summed E-state index contributed by atoms with van der Waals surface area (Å²) in [7, 11) is 0. The molecule has 118 valence electrons. The molecule has 3 aromatic heterocycles. The standard InChI is InChI=1S/C15H10F3N3O2/c16-15(17,18)10-1-2-12(19-6-10)11-7-20-21-4-3-9(5-13(11)21)14(23)8-22/h1-7,22H,8H2. The summed E-state index contributed by atoms with van der Waals surface area (Å²) < 4.78 is 39.2. The fraction of sp³-hybridized carbons (Fsp3) is 0.133. The highest BCUT2D eigenvalue weighted by atomic mass is 19.4. The van der Waals surface area contributed by atoms with Gasteiger partial charge in [0.25, 0.3) is 0 Å². The highest BCUT2D eigenvalue weighted by Crippen LogP contribution is 2.30. The van der Waals surface area contributed by atoms with E-state index in [9.17, 15) is 18.0 Å². The molecule has 0 unspecified atom stereocenters. The zero-order valence-corrected chi connectivity index (χ0v) is 11.6. The van der Waals surface area contributed by atoms with Gasteiger partial charge in [0, 0.05) is 23.5 Å². The van der Waals surface area contributed by atoms with E-state index in [1.807, 2.05) is 0 Å². The van der Waals surface area contributed by atoms with E-state index in [0.29, 0.717) is 16.8 Å². The predicted molar refractivity (Wildman–Crippen MR) is 74.8 cm³/mol. The summed E-state index contributed by atoms with van der Waals surface area (Å²) in [6.45, 7) is -0.627. The molecule has 5 nitrogen and oxygen atoms in total. The Hall–Kier alpha value is -2.74. The molecule has 0 atom stereocenters. The Morgan fingerprint density at radius 3 is 2.61 bits per heavy atom. The molecule has 0 radical (unpaired) electrons. The van der Waals surface area contributed by atoms with E-state index < -0.39 is 24.1 Å². The lowest BCUT2D eigenvalue weighted by molar-refractivity contribution is -0.137. The van der Waals surface area contributed by atoms with Crippen LogP contribution in [0.4, 0.5) is 13.2 Å². The second kappa shape index (κ2) is 5.47. The van der Waals surface area contributed by atoms with Crippen LogP contribution >= 0.6 is 0 Å². The zero-order chi connectivity index (χ0) is 16.6. The third-order valence-corrected chi connectivity index (χ3v) is 3.35. The number of ketones is 1. The van der Waals surface area contributed by atoms with Crippen LogP contribution in [0.1, 0.15) is 15.9 Å². The summed E-state index contributed by atoms with van der Waals surface area (Å²) in [4.78, 5) is 15.4. The van der Waals surface area contributed by atoms with Crippen molar-refractivity contribution in [2.45, 2.75) is 6.18 Å². The normalized spacial score (nSPS) is 11.8. The van der Waals surface area contributed by atoms with Crippen LogP contribution in [0.25, 0.3) is 16.8 Å². The number of aliphatic hydroxyl groups excluding tert-OH is 1. The summed E-state index contributed by atoms with van der Waals surface area (Å²) in [6, 6.07) is 5.21. The van der Waals surface area contributed by atoms with Gasteiger partial charge in [0.15, 0.2) is 5.78 Å². The van der Waals surface area contributed by atoms with Crippen molar-refractivity contribution in [3.8, 4) is 11.3 Å². The molecule has 3 rings (SSSR count). The molecule has 0 amide bonds. The van der Waals surface area contributed by atoms with Gasteiger partial charge in [-0.15, -0.1) is 0 Å². The van der Waals surface area contributed by atoms with Crippen LogP contribution in [0.3, 0.4) is 0 Å². The lowest BCUT2D eigenvalue weighted by atomic mass is 10.1. The Kier molecular flexibility index (Phi) is 3.61. The number of aromatic nitrogens is 3. The fourth-order valence-electron chi connectivity index (χ4n) is 2.16. The highest BCUT2D eigenvalue weighted by Gasteiger charge is 2.30. The molecule has 0 aliphatic heterocycles. The number of hydrogen-bond acceptors (Lipinski definition) is 4. The first-order valence-electron chi connectivity index (χ1n) is 6.55. The first-order chi connectivity index (χ1) is 10.9. The number of fused-ring (bicyclic) bond motifs is 1. The van der Waals surface area contributed by atoms with E-state index >= 15 is 0 Å². The van der Waals surface area contributed by atoms with E-state index in [1.165, 1.54) is 35.1 Å². The average molecular weight is 321 g/mol. The Morgan fingerprint density at radius 1 is 1.22 bits per heavy atom. The van der Waals surface area contributed by atoms with Crippen molar-refractivity contribution in [3.63, 3.8) is 0 Å². The van der Waals surface area contributed by atoms with E-state index in [2.05, 4.69) is 10.1 Å². The smallest absolute Gasteiger partial charge is 0.388 e. The number of rotatable bonds is 3. The summed E-state index contributed by atoms with van der Waals surface area (Å²) >= 11 is 0. The topological polar surface area (TPSA) is 67.5 Å². The molecule has 0 saturated carbocycles. The molecular weight excluding hydrogens is 311 g/mol. The van der Waals surface area contributed by atoms with Crippen LogP contribution in [0, 0.1) is 0 Å². The SMILES string of the molecule is O=C(CO)c1ccn2ncc(-c3ccc(C(F)(F)F)cn3)c2c1. The molecule has 1 N–H and O–H groups in total. The molecule has 8 heteroatoms. The lowest BCUT2D eigenvalue weighted by Gasteiger charge is -2.06. The maximum absolute atomic E-state index is 12.6. The van der Waals surface area contributed by atoms with Crippen molar-refractivity contribution in [2.75, 3.05) is 6.61 Å². The average Bonchev–Trinajstić information content (AvgIpc) is 2.96. The summed E-state index contributed by atoms with van der Waals surface area (Å²) in [5.41, 5.74) is 0.756. The Morgan fingerprint density at radius 2 is 2.00 bits per heavy atom. The molecular formula is C15H10F3N3O2. The Labute approximate surface area is 128 Å². The summed E-state index contributed by atoms with van der Waals surface area (Å²) in [6.07, 6.45) is -0.709. The predicted octanol–water partition coefficient (Wildman–Crippen LogP) is 2.59. The number of carbonyl (C=O) groups is 1. The fourth-order valence-corrected chi connectivity index (χ4v) is 2.16. The number of Topliss-reactive ketones (excluding diaryl/α,β-unsaturated/α-hetero) is 1. The number of aliphatic hydroxyl groups is 1. The summed E-state index contributed by atoms with van der Waals surface area (Å²) in [5.74, 6) is -0.458. The molecule has 0 aliphatic rings. The minimum atomic E-state index is -4.45. The molecule has 23 heavy (non-hydrogen) atoms. The van der Waals surface area contributed by atoms with Gasteiger partial charge in [0.05, 0.1) is 23.0 Å². The number of halogens is 3. The van der Waals surface area contributed by atoms with Gasteiger partial charge >= 0.3 is 6.18 Å². The summed E-state index contributed by atoms with van der Waals surface area (Å²) in [5, 5.41) is 13.0. The quantitative estimate of drug-likeness (QED) is 0.753. The first kappa shape index (κ1) is 15.2. The molecule has 0 bridgehead atoms. The van der Waals surface area contributed by atoms with Gasteiger partial charge in [-0.1, -0.05) is 0 Å². The number of nitrogens with zero attached hydrogens (tertiary/aromatic N) is 3. The minimum Gasteiger partial charge on any atom is -0.388 e. The minimum absolute atomic E-state index is 0.286. The van der Waals surface area contributed by atoms with Gasteiger partial charge in [-0.25, -0.2) is 4.52 Å². The van der Waals surface area contributed by atoms with Crippen molar-refractivity contribution < 1.29 is 23.1 Å². The molecule has 0 fully saturated rings. The third-order valence-electron chi connectivity index (χ3n) is 3.35. The molecule has 0 aliphatic carbocycles. The Balaban J connectivity index is 2.07.